The zero-order valence-corrected chi connectivity index (χ0v) is 10.5. The summed E-state index contributed by atoms with van der Waals surface area (Å²) in [5, 5.41) is 3.74. The van der Waals surface area contributed by atoms with Gasteiger partial charge in [-0.3, -0.25) is 4.79 Å². The van der Waals surface area contributed by atoms with Gasteiger partial charge in [-0.05, 0) is 26.2 Å². The van der Waals surface area contributed by atoms with Crippen LogP contribution in [0.1, 0.15) is 0 Å². The molecular formula is C12H17N5O. The van der Waals surface area contributed by atoms with Crippen molar-refractivity contribution in [3.63, 3.8) is 0 Å². The maximum atomic E-state index is 11.6. The number of aromatic nitrogens is 2. The normalized spacial score (nSPS) is 11.1. The zero-order chi connectivity index (χ0) is 13.1. The Morgan fingerprint density at radius 1 is 1.44 bits per heavy atom. The first kappa shape index (κ1) is 12.4. The van der Waals surface area contributed by atoms with Crippen molar-refractivity contribution in [3.05, 3.63) is 28.8 Å². The number of fused-ring (bicyclic) bond motifs is 1. The first-order valence-electron chi connectivity index (χ1n) is 5.73. The van der Waals surface area contributed by atoms with Crippen LogP contribution in [0.4, 0.5) is 11.4 Å². The molecule has 0 aliphatic heterocycles. The molecule has 6 heteroatoms. The SMILES string of the molecule is CN(C)CCNc1cc2nc[nH]c(=O)c2cc1N. The van der Waals surface area contributed by atoms with Gasteiger partial charge in [-0.2, -0.15) is 0 Å². The molecule has 0 aliphatic rings. The van der Waals surface area contributed by atoms with Gasteiger partial charge < -0.3 is 20.9 Å². The highest BCUT2D eigenvalue weighted by Crippen LogP contribution is 2.22. The molecule has 0 fully saturated rings. The van der Waals surface area contributed by atoms with E-state index in [1.54, 1.807) is 12.1 Å². The van der Waals surface area contributed by atoms with E-state index in [0.717, 1.165) is 18.8 Å². The van der Waals surface area contributed by atoms with Gasteiger partial charge in [-0.25, -0.2) is 4.98 Å². The number of benzene rings is 1. The maximum Gasteiger partial charge on any atom is 0.258 e. The van der Waals surface area contributed by atoms with E-state index in [0.29, 0.717) is 16.6 Å². The second kappa shape index (κ2) is 5.05. The van der Waals surface area contributed by atoms with Crippen LogP contribution in [0.15, 0.2) is 23.3 Å². The average molecular weight is 247 g/mol. The molecule has 0 amide bonds. The summed E-state index contributed by atoms with van der Waals surface area (Å²) in [6.45, 7) is 1.69. The Kier molecular flexibility index (Phi) is 3.47. The number of hydrogen-bond acceptors (Lipinski definition) is 5. The molecule has 1 aromatic carbocycles. The first-order chi connectivity index (χ1) is 8.58. The minimum atomic E-state index is -0.174. The molecule has 0 radical (unpaired) electrons. The molecule has 96 valence electrons. The Hall–Kier alpha value is -2.08. The Morgan fingerprint density at radius 3 is 2.94 bits per heavy atom. The number of nitrogens with zero attached hydrogens (tertiary/aromatic N) is 2. The van der Waals surface area contributed by atoms with Crippen molar-refractivity contribution in [2.75, 3.05) is 38.2 Å². The number of hydrogen-bond donors (Lipinski definition) is 3. The summed E-state index contributed by atoms with van der Waals surface area (Å²) >= 11 is 0. The van der Waals surface area contributed by atoms with E-state index in [1.165, 1.54) is 6.33 Å². The van der Waals surface area contributed by atoms with Gasteiger partial charge in [0.05, 0.1) is 28.6 Å². The Labute approximate surface area is 105 Å². The number of aromatic amines is 1. The van der Waals surface area contributed by atoms with E-state index in [1.807, 2.05) is 14.1 Å². The summed E-state index contributed by atoms with van der Waals surface area (Å²) < 4.78 is 0. The predicted molar refractivity (Wildman–Crippen MR) is 73.8 cm³/mol. The van der Waals surface area contributed by atoms with Crippen molar-refractivity contribution in [3.8, 4) is 0 Å². The third kappa shape index (κ3) is 2.60. The number of likely N-dealkylation sites (N-methyl/N-ethyl adjacent to an activating group) is 1. The summed E-state index contributed by atoms with van der Waals surface area (Å²) in [5.74, 6) is 0. The number of nitrogens with one attached hydrogen (secondary N) is 2. The molecule has 0 spiro atoms. The lowest BCUT2D eigenvalue weighted by Gasteiger charge is -2.13. The van der Waals surface area contributed by atoms with E-state index in [4.69, 9.17) is 5.73 Å². The van der Waals surface area contributed by atoms with Crippen LogP contribution in [0.25, 0.3) is 10.9 Å². The van der Waals surface area contributed by atoms with Gasteiger partial charge in [0.2, 0.25) is 0 Å². The predicted octanol–water partition coefficient (Wildman–Crippen LogP) is 0.479. The van der Waals surface area contributed by atoms with Gasteiger partial charge in [0.25, 0.3) is 5.56 Å². The molecule has 1 heterocycles. The van der Waals surface area contributed by atoms with Gasteiger partial charge in [-0.1, -0.05) is 0 Å². The molecule has 0 bridgehead atoms. The van der Waals surface area contributed by atoms with Crippen molar-refractivity contribution in [2.24, 2.45) is 0 Å². The van der Waals surface area contributed by atoms with E-state index in [9.17, 15) is 4.79 Å². The second-order valence-corrected chi connectivity index (χ2v) is 4.42. The fraction of sp³-hybridized carbons (Fsp3) is 0.333. The van der Waals surface area contributed by atoms with E-state index >= 15 is 0 Å². The maximum absolute atomic E-state index is 11.6. The van der Waals surface area contributed by atoms with Crippen LogP contribution in [0.5, 0.6) is 0 Å². The van der Waals surface area contributed by atoms with E-state index in [-0.39, 0.29) is 5.56 Å². The minimum absolute atomic E-state index is 0.174. The van der Waals surface area contributed by atoms with Crippen LogP contribution < -0.4 is 16.6 Å². The fourth-order valence-corrected chi connectivity index (χ4v) is 1.70. The van der Waals surface area contributed by atoms with Crippen LogP contribution >= 0.6 is 0 Å². The van der Waals surface area contributed by atoms with Crippen LogP contribution in [-0.4, -0.2) is 42.1 Å². The van der Waals surface area contributed by atoms with Gasteiger partial charge in [0, 0.05) is 13.1 Å². The van der Waals surface area contributed by atoms with Gasteiger partial charge in [0.1, 0.15) is 0 Å². The van der Waals surface area contributed by atoms with Crippen molar-refractivity contribution < 1.29 is 0 Å². The van der Waals surface area contributed by atoms with Crippen molar-refractivity contribution in [1.82, 2.24) is 14.9 Å². The van der Waals surface area contributed by atoms with Gasteiger partial charge >= 0.3 is 0 Å². The average Bonchev–Trinajstić information content (AvgIpc) is 2.31. The summed E-state index contributed by atoms with van der Waals surface area (Å²) in [5.41, 5.74) is 7.74. The molecule has 1 aromatic heterocycles. The number of nitrogen functional groups attached to an aromatic ring is 1. The minimum Gasteiger partial charge on any atom is -0.397 e. The number of nitrogens with two attached hydrogens (primary N) is 1. The third-order valence-electron chi connectivity index (χ3n) is 2.69. The summed E-state index contributed by atoms with van der Waals surface area (Å²) in [6.07, 6.45) is 1.39. The number of anilines is 2. The highest BCUT2D eigenvalue weighted by molar-refractivity contribution is 5.88. The molecule has 0 saturated carbocycles. The monoisotopic (exact) mass is 247 g/mol. The van der Waals surface area contributed by atoms with Crippen LogP contribution in [0.2, 0.25) is 0 Å². The highest BCUT2D eigenvalue weighted by Gasteiger charge is 2.05. The first-order valence-corrected chi connectivity index (χ1v) is 5.73. The van der Waals surface area contributed by atoms with Crippen molar-refractivity contribution in [2.45, 2.75) is 0 Å². The lowest BCUT2D eigenvalue weighted by molar-refractivity contribution is 0.425. The second-order valence-electron chi connectivity index (χ2n) is 4.42. The van der Waals surface area contributed by atoms with Gasteiger partial charge in [-0.15, -0.1) is 0 Å². The van der Waals surface area contributed by atoms with Crippen molar-refractivity contribution >= 4 is 22.3 Å². The summed E-state index contributed by atoms with van der Waals surface area (Å²) in [6, 6.07) is 3.45. The Bertz CT molecular complexity index is 605. The molecular weight excluding hydrogens is 230 g/mol. The smallest absolute Gasteiger partial charge is 0.258 e. The van der Waals surface area contributed by atoms with Gasteiger partial charge in [0.15, 0.2) is 0 Å². The standard InChI is InChI=1S/C12H17N5O/c1-17(2)4-3-14-11-6-10-8(5-9(11)13)12(18)16-7-15-10/h5-7,14H,3-4,13H2,1-2H3,(H,15,16,18). The largest absolute Gasteiger partial charge is 0.397 e. The van der Waals surface area contributed by atoms with E-state index < -0.39 is 0 Å². The summed E-state index contributed by atoms with van der Waals surface area (Å²) in [7, 11) is 4.01. The molecule has 18 heavy (non-hydrogen) atoms. The molecule has 2 rings (SSSR count). The zero-order valence-electron chi connectivity index (χ0n) is 10.5. The summed E-state index contributed by atoms with van der Waals surface area (Å²) in [4.78, 5) is 20.3. The van der Waals surface area contributed by atoms with Crippen molar-refractivity contribution in [1.29, 1.82) is 0 Å². The Morgan fingerprint density at radius 2 is 2.22 bits per heavy atom. The number of rotatable bonds is 4. The third-order valence-corrected chi connectivity index (χ3v) is 2.69. The van der Waals surface area contributed by atoms with E-state index in [2.05, 4.69) is 20.2 Å². The fourth-order valence-electron chi connectivity index (χ4n) is 1.70. The molecule has 0 atom stereocenters. The lowest BCUT2D eigenvalue weighted by atomic mass is 10.2. The Balaban J connectivity index is 2.29. The lowest BCUT2D eigenvalue weighted by Crippen LogP contribution is -2.21. The van der Waals surface area contributed by atoms with Crippen LogP contribution in [-0.2, 0) is 0 Å². The number of H-pyrrole nitrogens is 1. The molecule has 0 aliphatic carbocycles. The molecule has 2 aromatic rings. The quantitative estimate of drug-likeness (QED) is 0.684. The topological polar surface area (TPSA) is 87.0 Å². The molecule has 0 unspecified atom stereocenters. The van der Waals surface area contributed by atoms with Crippen LogP contribution in [0.3, 0.4) is 0 Å². The van der Waals surface area contributed by atoms with Crippen LogP contribution in [0, 0.1) is 0 Å². The molecule has 4 N–H and O–H groups in total. The molecule has 0 saturated heterocycles. The highest BCUT2D eigenvalue weighted by atomic mass is 16.1. The molecule has 6 nitrogen and oxygen atoms in total.